The highest BCUT2D eigenvalue weighted by Crippen LogP contribution is 2.21. The Balaban J connectivity index is 2.02. The maximum Gasteiger partial charge on any atom is 0.270 e. The molecule has 1 saturated heterocycles. The van der Waals surface area contributed by atoms with E-state index in [2.05, 4.69) is 5.10 Å². The van der Waals surface area contributed by atoms with Crippen molar-refractivity contribution < 1.29 is 4.74 Å². The second-order valence-electron chi connectivity index (χ2n) is 4.12. The number of nitrogens with zero attached hydrogens (tertiary/aromatic N) is 1. The van der Waals surface area contributed by atoms with Gasteiger partial charge in [0.15, 0.2) is 0 Å². The molecule has 4 nitrogen and oxygen atoms in total. The van der Waals surface area contributed by atoms with Gasteiger partial charge in [-0.2, -0.15) is 0 Å². The van der Waals surface area contributed by atoms with E-state index in [4.69, 9.17) is 4.74 Å². The van der Waals surface area contributed by atoms with Crippen molar-refractivity contribution in [1.29, 1.82) is 0 Å². The predicted octanol–water partition coefficient (Wildman–Crippen LogP) is 0.626. The van der Waals surface area contributed by atoms with E-state index in [-0.39, 0.29) is 11.6 Å². The number of aromatic nitrogens is 2. The molecule has 1 aliphatic carbocycles. The molecule has 1 fully saturated rings. The van der Waals surface area contributed by atoms with Crippen molar-refractivity contribution >= 4 is 0 Å². The van der Waals surface area contributed by atoms with E-state index < -0.39 is 0 Å². The van der Waals surface area contributed by atoms with Crippen LogP contribution in [0.25, 0.3) is 0 Å². The van der Waals surface area contributed by atoms with Gasteiger partial charge in [-0.25, -0.2) is 4.68 Å². The third kappa shape index (κ3) is 1.07. The largest absolute Gasteiger partial charge is 0.379 e. The maximum atomic E-state index is 11.9. The number of ether oxygens (including phenoxy) is 1. The first-order valence-corrected chi connectivity index (χ1v) is 5.26. The summed E-state index contributed by atoms with van der Waals surface area (Å²) in [5.41, 5.74) is 2.35. The van der Waals surface area contributed by atoms with Crippen LogP contribution in [0.3, 0.4) is 0 Å². The summed E-state index contributed by atoms with van der Waals surface area (Å²) in [6.45, 7) is 1.46. The zero-order valence-corrected chi connectivity index (χ0v) is 8.08. The molecule has 0 saturated carbocycles. The number of nitrogens with one attached hydrogen (secondary N) is 1. The molecule has 1 aliphatic heterocycles. The van der Waals surface area contributed by atoms with Crippen molar-refractivity contribution in [2.45, 2.75) is 31.7 Å². The molecular formula is C10H14N2O2. The average molecular weight is 194 g/mol. The molecule has 0 bridgehead atoms. The molecule has 2 heterocycles. The first-order chi connectivity index (χ1) is 6.86. The number of hydrogen-bond donors (Lipinski definition) is 1. The Morgan fingerprint density at radius 3 is 3.07 bits per heavy atom. The van der Waals surface area contributed by atoms with E-state index in [0.717, 1.165) is 43.5 Å². The SMILES string of the molecule is O=c1c2c([nH]n1C1CCOC1)CCC2. The molecule has 76 valence electrons. The van der Waals surface area contributed by atoms with Crippen LogP contribution < -0.4 is 5.56 Å². The number of aryl methyl sites for hydroxylation is 1. The number of aromatic amines is 1. The predicted molar refractivity (Wildman–Crippen MR) is 51.6 cm³/mol. The Bertz CT molecular complexity index is 399. The molecule has 14 heavy (non-hydrogen) atoms. The van der Waals surface area contributed by atoms with Gasteiger partial charge < -0.3 is 4.74 Å². The summed E-state index contributed by atoms with van der Waals surface area (Å²) >= 11 is 0. The fourth-order valence-corrected chi connectivity index (χ4v) is 2.43. The van der Waals surface area contributed by atoms with Crippen LogP contribution in [0, 0.1) is 0 Å². The second-order valence-corrected chi connectivity index (χ2v) is 4.12. The highest BCUT2D eigenvalue weighted by atomic mass is 16.5. The van der Waals surface area contributed by atoms with Crippen LogP contribution in [0.5, 0.6) is 0 Å². The van der Waals surface area contributed by atoms with Gasteiger partial charge in [0.05, 0.1) is 12.6 Å². The van der Waals surface area contributed by atoms with E-state index in [1.54, 1.807) is 4.68 Å². The number of hydrogen-bond acceptors (Lipinski definition) is 2. The van der Waals surface area contributed by atoms with Gasteiger partial charge in [0.25, 0.3) is 5.56 Å². The molecule has 2 aliphatic rings. The normalized spacial score (nSPS) is 25.6. The summed E-state index contributed by atoms with van der Waals surface area (Å²) in [6.07, 6.45) is 4.06. The zero-order chi connectivity index (χ0) is 9.54. The molecule has 4 heteroatoms. The number of fused-ring (bicyclic) bond motifs is 1. The summed E-state index contributed by atoms with van der Waals surface area (Å²) in [5, 5.41) is 3.23. The second kappa shape index (κ2) is 2.98. The van der Waals surface area contributed by atoms with Gasteiger partial charge in [0, 0.05) is 17.9 Å². The standard InChI is InChI=1S/C10H14N2O2/c13-10-8-2-1-3-9(8)11-12(10)7-4-5-14-6-7/h7,11H,1-6H2. The van der Waals surface area contributed by atoms with Gasteiger partial charge in [-0.05, 0) is 25.7 Å². The maximum absolute atomic E-state index is 11.9. The fraction of sp³-hybridized carbons (Fsp3) is 0.700. The molecule has 1 aromatic heterocycles. The van der Waals surface area contributed by atoms with Crippen LogP contribution in [0.2, 0.25) is 0 Å². The molecule has 1 atom stereocenters. The zero-order valence-electron chi connectivity index (χ0n) is 8.08. The topological polar surface area (TPSA) is 47.0 Å². The fourth-order valence-electron chi connectivity index (χ4n) is 2.43. The van der Waals surface area contributed by atoms with E-state index in [1.807, 2.05) is 0 Å². The quantitative estimate of drug-likeness (QED) is 0.712. The average Bonchev–Trinajstić information content (AvgIpc) is 2.84. The molecule has 1 N–H and O–H groups in total. The van der Waals surface area contributed by atoms with Crippen molar-refractivity contribution in [3.8, 4) is 0 Å². The van der Waals surface area contributed by atoms with Gasteiger partial charge in [0.1, 0.15) is 0 Å². The summed E-state index contributed by atoms with van der Waals surface area (Å²) in [5.74, 6) is 0. The highest BCUT2D eigenvalue weighted by molar-refractivity contribution is 5.22. The van der Waals surface area contributed by atoms with Crippen LogP contribution in [0.15, 0.2) is 4.79 Å². The van der Waals surface area contributed by atoms with Crippen molar-refractivity contribution in [2.75, 3.05) is 13.2 Å². The van der Waals surface area contributed by atoms with Crippen molar-refractivity contribution in [3.05, 3.63) is 21.6 Å². The van der Waals surface area contributed by atoms with Gasteiger partial charge in [-0.3, -0.25) is 9.89 Å². The first-order valence-electron chi connectivity index (χ1n) is 5.26. The van der Waals surface area contributed by atoms with Gasteiger partial charge >= 0.3 is 0 Å². The molecule has 0 amide bonds. The molecule has 3 rings (SSSR count). The molecular weight excluding hydrogens is 180 g/mol. The van der Waals surface area contributed by atoms with Gasteiger partial charge in [-0.15, -0.1) is 0 Å². The summed E-state index contributed by atoms with van der Waals surface area (Å²) in [4.78, 5) is 11.9. The summed E-state index contributed by atoms with van der Waals surface area (Å²) in [7, 11) is 0. The number of rotatable bonds is 1. The summed E-state index contributed by atoms with van der Waals surface area (Å²) < 4.78 is 7.06. The Labute approximate surface area is 81.9 Å². The minimum atomic E-state index is 0.188. The first kappa shape index (κ1) is 8.29. The van der Waals surface area contributed by atoms with E-state index in [0.29, 0.717) is 6.61 Å². The van der Waals surface area contributed by atoms with E-state index >= 15 is 0 Å². The van der Waals surface area contributed by atoms with Crippen molar-refractivity contribution in [1.82, 2.24) is 9.78 Å². The van der Waals surface area contributed by atoms with Crippen molar-refractivity contribution in [3.63, 3.8) is 0 Å². The van der Waals surface area contributed by atoms with E-state index in [9.17, 15) is 4.79 Å². The molecule has 1 unspecified atom stereocenters. The van der Waals surface area contributed by atoms with Gasteiger partial charge in [0.2, 0.25) is 0 Å². The molecule has 0 aromatic carbocycles. The minimum Gasteiger partial charge on any atom is -0.379 e. The lowest BCUT2D eigenvalue weighted by molar-refractivity contribution is 0.184. The van der Waals surface area contributed by atoms with Crippen LogP contribution in [-0.2, 0) is 17.6 Å². The van der Waals surface area contributed by atoms with Crippen LogP contribution in [-0.4, -0.2) is 23.0 Å². The van der Waals surface area contributed by atoms with Crippen LogP contribution >= 0.6 is 0 Å². The Kier molecular flexibility index (Phi) is 1.77. The highest BCUT2D eigenvalue weighted by Gasteiger charge is 2.25. The molecule has 1 aromatic rings. The van der Waals surface area contributed by atoms with Crippen LogP contribution in [0.4, 0.5) is 0 Å². The summed E-state index contributed by atoms with van der Waals surface area (Å²) in [6, 6.07) is 0.244. The molecule has 0 radical (unpaired) electrons. The lowest BCUT2D eigenvalue weighted by atomic mass is 10.2. The van der Waals surface area contributed by atoms with Crippen molar-refractivity contribution in [2.24, 2.45) is 0 Å². The van der Waals surface area contributed by atoms with Gasteiger partial charge in [-0.1, -0.05) is 0 Å². The Morgan fingerprint density at radius 1 is 1.43 bits per heavy atom. The lowest BCUT2D eigenvalue weighted by Gasteiger charge is -2.08. The van der Waals surface area contributed by atoms with Crippen LogP contribution in [0.1, 0.15) is 30.1 Å². The number of H-pyrrole nitrogens is 1. The third-order valence-electron chi connectivity index (χ3n) is 3.22. The lowest BCUT2D eigenvalue weighted by Crippen LogP contribution is -2.24. The third-order valence-corrected chi connectivity index (χ3v) is 3.22. The van der Waals surface area contributed by atoms with E-state index in [1.165, 1.54) is 0 Å². The molecule has 0 spiro atoms. The smallest absolute Gasteiger partial charge is 0.270 e. The Morgan fingerprint density at radius 2 is 2.36 bits per heavy atom. The monoisotopic (exact) mass is 194 g/mol. The Hall–Kier alpha value is -1.03. The minimum absolute atomic E-state index is 0.188.